The third-order valence-corrected chi connectivity index (χ3v) is 4.26. The van der Waals surface area contributed by atoms with E-state index in [1.54, 1.807) is 5.51 Å². The summed E-state index contributed by atoms with van der Waals surface area (Å²) in [5, 5.41) is 7.21. The Labute approximate surface area is 122 Å². The van der Waals surface area contributed by atoms with E-state index in [1.807, 2.05) is 30.3 Å². The fourth-order valence-corrected chi connectivity index (χ4v) is 3.23. The Balaban J connectivity index is 1.70. The van der Waals surface area contributed by atoms with Crippen molar-refractivity contribution in [1.82, 2.24) is 4.98 Å². The van der Waals surface area contributed by atoms with Crippen LogP contribution in [-0.2, 0) is 0 Å². The number of thiazole rings is 1. The topological polar surface area (TPSA) is 54.0 Å². The average molecular weight is 287 g/mol. The van der Waals surface area contributed by atoms with Crippen molar-refractivity contribution in [1.29, 1.82) is 0 Å². The van der Waals surface area contributed by atoms with Gasteiger partial charge in [-0.3, -0.25) is 4.79 Å². The lowest BCUT2D eigenvalue weighted by molar-refractivity contribution is 0.102. The van der Waals surface area contributed by atoms with Crippen LogP contribution in [0.3, 0.4) is 0 Å². The van der Waals surface area contributed by atoms with Crippen molar-refractivity contribution in [2.75, 3.05) is 10.6 Å². The molecule has 1 aliphatic rings. The van der Waals surface area contributed by atoms with Crippen LogP contribution in [-0.4, -0.2) is 16.9 Å². The van der Waals surface area contributed by atoms with Crippen molar-refractivity contribution < 1.29 is 4.79 Å². The molecule has 4 nitrogen and oxygen atoms in total. The van der Waals surface area contributed by atoms with Gasteiger partial charge >= 0.3 is 0 Å². The molecule has 0 atom stereocenters. The molecule has 0 radical (unpaired) electrons. The molecule has 1 saturated carbocycles. The molecular formula is C15H17N3OS. The lowest BCUT2D eigenvalue weighted by atomic mass is 10.2. The standard InChI is InChI=1S/C15H17N3OS/c19-14(17-11-6-2-1-3-7-11)13-15(20-10-16-13)18-12-8-4-5-9-12/h1-3,6-7,10,12,18H,4-5,8-9H2,(H,17,19). The Morgan fingerprint density at radius 1 is 1.20 bits per heavy atom. The van der Waals surface area contributed by atoms with Crippen molar-refractivity contribution in [3.63, 3.8) is 0 Å². The summed E-state index contributed by atoms with van der Waals surface area (Å²) in [7, 11) is 0. The Kier molecular flexibility index (Phi) is 3.97. The van der Waals surface area contributed by atoms with E-state index in [9.17, 15) is 4.79 Å². The van der Waals surface area contributed by atoms with E-state index in [4.69, 9.17) is 0 Å². The van der Waals surface area contributed by atoms with Crippen molar-refractivity contribution in [2.24, 2.45) is 0 Å². The molecule has 2 aromatic rings. The molecule has 0 spiro atoms. The summed E-state index contributed by atoms with van der Waals surface area (Å²) in [5.41, 5.74) is 3.00. The van der Waals surface area contributed by atoms with Gasteiger partial charge in [-0.2, -0.15) is 0 Å². The minimum absolute atomic E-state index is 0.155. The third-order valence-electron chi connectivity index (χ3n) is 3.50. The van der Waals surface area contributed by atoms with Gasteiger partial charge in [0.05, 0.1) is 5.51 Å². The van der Waals surface area contributed by atoms with Crippen molar-refractivity contribution in [3.05, 3.63) is 41.5 Å². The van der Waals surface area contributed by atoms with Gasteiger partial charge < -0.3 is 10.6 Å². The number of carbonyl (C=O) groups excluding carboxylic acids is 1. The van der Waals surface area contributed by atoms with Crippen molar-refractivity contribution in [3.8, 4) is 0 Å². The molecule has 5 heteroatoms. The van der Waals surface area contributed by atoms with E-state index < -0.39 is 0 Å². The highest BCUT2D eigenvalue weighted by atomic mass is 32.1. The van der Waals surface area contributed by atoms with Crippen molar-refractivity contribution >= 4 is 27.9 Å². The van der Waals surface area contributed by atoms with Gasteiger partial charge in [0.1, 0.15) is 5.00 Å². The molecule has 1 amide bonds. The lowest BCUT2D eigenvalue weighted by Crippen LogP contribution is -2.18. The van der Waals surface area contributed by atoms with Gasteiger partial charge in [-0.25, -0.2) is 4.98 Å². The summed E-state index contributed by atoms with van der Waals surface area (Å²) in [6.07, 6.45) is 4.89. The van der Waals surface area contributed by atoms with Crippen LogP contribution in [0.25, 0.3) is 0 Å². The van der Waals surface area contributed by atoms with Gasteiger partial charge in [-0.05, 0) is 25.0 Å². The predicted molar refractivity (Wildman–Crippen MR) is 82.4 cm³/mol. The fraction of sp³-hybridized carbons (Fsp3) is 0.333. The van der Waals surface area contributed by atoms with Crippen LogP contribution in [0.2, 0.25) is 0 Å². The highest BCUT2D eigenvalue weighted by Crippen LogP contribution is 2.27. The highest BCUT2D eigenvalue weighted by molar-refractivity contribution is 7.14. The predicted octanol–water partition coefficient (Wildman–Crippen LogP) is 3.75. The summed E-state index contributed by atoms with van der Waals surface area (Å²) < 4.78 is 0. The minimum Gasteiger partial charge on any atom is -0.372 e. The highest BCUT2D eigenvalue weighted by Gasteiger charge is 2.20. The summed E-state index contributed by atoms with van der Waals surface area (Å²) in [4.78, 5) is 16.5. The Morgan fingerprint density at radius 2 is 1.95 bits per heavy atom. The first-order valence-corrected chi connectivity index (χ1v) is 7.77. The average Bonchev–Trinajstić information content (AvgIpc) is 3.12. The maximum absolute atomic E-state index is 12.3. The molecule has 0 aliphatic heterocycles. The second kappa shape index (κ2) is 6.05. The zero-order valence-electron chi connectivity index (χ0n) is 11.1. The molecule has 0 saturated heterocycles. The first kappa shape index (κ1) is 13.1. The number of para-hydroxylation sites is 1. The van der Waals surface area contributed by atoms with Crippen LogP contribution in [0.4, 0.5) is 10.7 Å². The van der Waals surface area contributed by atoms with E-state index in [0.29, 0.717) is 11.7 Å². The second-order valence-electron chi connectivity index (χ2n) is 4.98. The molecule has 1 aromatic heterocycles. The molecule has 3 rings (SSSR count). The van der Waals surface area contributed by atoms with Gasteiger partial charge in [0.2, 0.25) is 0 Å². The summed E-state index contributed by atoms with van der Waals surface area (Å²) >= 11 is 1.49. The van der Waals surface area contributed by atoms with E-state index >= 15 is 0 Å². The number of anilines is 2. The van der Waals surface area contributed by atoms with Gasteiger partial charge in [0.15, 0.2) is 5.69 Å². The van der Waals surface area contributed by atoms with Gasteiger partial charge in [0.25, 0.3) is 5.91 Å². The largest absolute Gasteiger partial charge is 0.372 e. The monoisotopic (exact) mass is 287 g/mol. The lowest BCUT2D eigenvalue weighted by Gasteiger charge is -2.12. The quantitative estimate of drug-likeness (QED) is 0.900. The van der Waals surface area contributed by atoms with Crippen LogP contribution < -0.4 is 10.6 Å². The Morgan fingerprint density at radius 3 is 2.70 bits per heavy atom. The number of hydrogen-bond donors (Lipinski definition) is 2. The molecular weight excluding hydrogens is 270 g/mol. The number of hydrogen-bond acceptors (Lipinski definition) is 4. The number of amides is 1. The van der Waals surface area contributed by atoms with E-state index in [-0.39, 0.29) is 5.91 Å². The summed E-state index contributed by atoms with van der Waals surface area (Å²) in [6.45, 7) is 0. The third kappa shape index (κ3) is 2.99. The Hall–Kier alpha value is -1.88. The molecule has 2 N–H and O–H groups in total. The summed E-state index contributed by atoms with van der Waals surface area (Å²) in [5.74, 6) is -0.155. The normalized spacial score (nSPS) is 15.2. The molecule has 0 bridgehead atoms. The smallest absolute Gasteiger partial charge is 0.277 e. The molecule has 1 aliphatic carbocycles. The zero-order chi connectivity index (χ0) is 13.8. The minimum atomic E-state index is -0.155. The molecule has 104 valence electrons. The molecule has 1 fully saturated rings. The van der Waals surface area contributed by atoms with E-state index in [2.05, 4.69) is 15.6 Å². The van der Waals surface area contributed by atoms with Crippen LogP contribution in [0, 0.1) is 0 Å². The number of aromatic nitrogens is 1. The van der Waals surface area contributed by atoms with E-state index in [0.717, 1.165) is 10.7 Å². The Bertz CT molecular complexity index is 576. The first-order valence-electron chi connectivity index (χ1n) is 6.89. The number of carbonyl (C=O) groups is 1. The van der Waals surface area contributed by atoms with Crippen molar-refractivity contribution in [2.45, 2.75) is 31.7 Å². The molecule has 1 aromatic carbocycles. The fourth-order valence-electron chi connectivity index (χ4n) is 2.48. The second-order valence-corrected chi connectivity index (χ2v) is 5.83. The summed E-state index contributed by atoms with van der Waals surface area (Å²) in [6, 6.07) is 9.94. The first-order chi connectivity index (χ1) is 9.83. The number of nitrogens with one attached hydrogen (secondary N) is 2. The maximum atomic E-state index is 12.3. The number of nitrogens with zero attached hydrogens (tertiary/aromatic N) is 1. The number of benzene rings is 1. The zero-order valence-corrected chi connectivity index (χ0v) is 12.0. The van der Waals surface area contributed by atoms with Gasteiger partial charge in [-0.15, -0.1) is 11.3 Å². The molecule has 20 heavy (non-hydrogen) atoms. The van der Waals surface area contributed by atoms with Crippen LogP contribution in [0.1, 0.15) is 36.2 Å². The maximum Gasteiger partial charge on any atom is 0.277 e. The van der Waals surface area contributed by atoms with Gasteiger partial charge in [0, 0.05) is 11.7 Å². The van der Waals surface area contributed by atoms with Crippen LogP contribution in [0.15, 0.2) is 35.8 Å². The number of rotatable bonds is 4. The molecule has 0 unspecified atom stereocenters. The SMILES string of the molecule is O=C(Nc1ccccc1)c1ncsc1NC1CCCC1. The molecule has 1 heterocycles. The van der Waals surface area contributed by atoms with Crippen LogP contribution in [0.5, 0.6) is 0 Å². The van der Waals surface area contributed by atoms with Gasteiger partial charge in [-0.1, -0.05) is 31.0 Å². The van der Waals surface area contributed by atoms with E-state index in [1.165, 1.54) is 37.0 Å². The van der Waals surface area contributed by atoms with Crippen LogP contribution >= 0.6 is 11.3 Å².